The normalized spacial score (nSPS) is 28.0. The summed E-state index contributed by atoms with van der Waals surface area (Å²) in [5, 5.41) is 0. The van der Waals surface area contributed by atoms with E-state index in [0.717, 1.165) is 31.7 Å². The minimum absolute atomic E-state index is 0.219. The number of aromatic nitrogens is 1. The summed E-state index contributed by atoms with van der Waals surface area (Å²) in [4.78, 5) is 20.2. The SMILES string of the molecule is CN(C)CC(=O)N1C[C@H]2CC[C@H](Oc3cccnc3)[C@H]2C1. The van der Waals surface area contributed by atoms with E-state index in [1.807, 2.05) is 36.0 Å². The van der Waals surface area contributed by atoms with Crippen LogP contribution in [0, 0.1) is 11.8 Å². The molecule has 5 heteroatoms. The number of ether oxygens (including phenoxy) is 1. The van der Waals surface area contributed by atoms with Gasteiger partial charge in [0.2, 0.25) is 5.91 Å². The summed E-state index contributed by atoms with van der Waals surface area (Å²) < 4.78 is 6.09. The maximum Gasteiger partial charge on any atom is 0.236 e. The average Bonchev–Trinajstić information content (AvgIpc) is 3.01. The molecule has 1 aliphatic heterocycles. The van der Waals surface area contributed by atoms with Crippen LogP contribution in [0.25, 0.3) is 0 Å². The summed E-state index contributed by atoms with van der Waals surface area (Å²) in [6, 6.07) is 3.84. The predicted molar refractivity (Wildman–Crippen MR) is 80.0 cm³/mol. The number of hydrogen-bond donors (Lipinski definition) is 0. The molecule has 2 aliphatic rings. The number of rotatable bonds is 4. The van der Waals surface area contributed by atoms with Gasteiger partial charge in [-0.05, 0) is 45.0 Å². The van der Waals surface area contributed by atoms with Crippen LogP contribution in [0.5, 0.6) is 5.75 Å². The molecule has 1 amide bonds. The molecule has 1 aliphatic carbocycles. The van der Waals surface area contributed by atoms with Gasteiger partial charge in [0, 0.05) is 25.2 Å². The Kier molecular flexibility index (Phi) is 4.10. The van der Waals surface area contributed by atoms with Crippen LogP contribution in [0.15, 0.2) is 24.5 Å². The van der Waals surface area contributed by atoms with Crippen molar-refractivity contribution >= 4 is 5.91 Å². The van der Waals surface area contributed by atoms with Crippen molar-refractivity contribution in [1.29, 1.82) is 0 Å². The van der Waals surface area contributed by atoms with E-state index in [1.54, 1.807) is 12.4 Å². The summed E-state index contributed by atoms with van der Waals surface area (Å²) >= 11 is 0. The highest BCUT2D eigenvalue weighted by molar-refractivity contribution is 5.78. The molecule has 3 rings (SSSR count). The van der Waals surface area contributed by atoms with E-state index in [4.69, 9.17) is 4.74 Å². The highest BCUT2D eigenvalue weighted by atomic mass is 16.5. The lowest BCUT2D eigenvalue weighted by atomic mass is 9.99. The number of fused-ring (bicyclic) bond motifs is 1. The van der Waals surface area contributed by atoms with Crippen molar-refractivity contribution in [1.82, 2.24) is 14.8 Å². The minimum Gasteiger partial charge on any atom is -0.488 e. The molecule has 2 heterocycles. The third-order valence-electron chi connectivity index (χ3n) is 4.52. The zero-order valence-corrected chi connectivity index (χ0v) is 12.7. The predicted octanol–water partition coefficient (Wildman–Crippen LogP) is 1.26. The Hall–Kier alpha value is -1.62. The van der Waals surface area contributed by atoms with E-state index in [0.29, 0.717) is 18.4 Å². The largest absolute Gasteiger partial charge is 0.488 e. The Bertz CT molecular complexity index is 492. The summed E-state index contributed by atoms with van der Waals surface area (Å²) in [6.07, 6.45) is 5.97. The molecular formula is C16H23N3O2. The third-order valence-corrected chi connectivity index (χ3v) is 4.52. The second-order valence-electron chi connectivity index (χ2n) is 6.38. The number of nitrogens with zero attached hydrogens (tertiary/aromatic N) is 3. The topological polar surface area (TPSA) is 45.7 Å². The van der Waals surface area contributed by atoms with Crippen molar-refractivity contribution in [2.24, 2.45) is 11.8 Å². The van der Waals surface area contributed by atoms with Gasteiger partial charge in [-0.25, -0.2) is 0 Å². The lowest BCUT2D eigenvalue weighted by molar-refractivity contribution is -0.131. The van der Waals surface area contributed by atoms with Crippen molar-refractivity contribution in [3.63, 3.8) is 0 Å². The van der Waals surface area contributed by atoms with E-state index in [9.17, 15) is 4.79 Å². The molecule has 0 bridgehead atoms. The Morgan fingerprint density at radius 1 is 1.43 bits per heavy atom. The number of likely N-dealkylation sites (N-methyl/N-ethyl adjacent to an activating group) is 1. The first kappa shape index (κ1) is 14.3. The maximum atomic E-state index is 12.2. The highest BCUT2D eigenvalue weighted by Crippen LogP contribution is 2.40. The van der Waals surface area contributed by atoms with Crippen molar-refractivity contribution in [2.45, 2.75) is 18.9 Å². The highest BCUT2D eigenvalue weighted by Gasteiger charge is 2.45. The molecule has 5 nitrogen and oxygen atoms in total. The summed E-state index contributed by atoms with van der Waals surface area (Å²) in [7, 11) is 3.87. The first-order valence-electron chi connectivity index (χ1n) is 7.62. The van der Waals surface area contributed by atoms with Gasteiger partial charge in [-0.3, -0.25) is 9.78 Å². The van der Waals surface area contributed by atoms with Gasteiger partial charge in [-0.15, -0.1) is 0 Å². The number of carbonyl (C=O) groups is 1. The van der Waals surface area contributed by atoms with Gasteiger partial charge in [0.05, 0.1) is 12.7 Å². The van der Waals surface area contributed by atoms with Crippen LogP contribution in [0.1, 0.15) is 12.8 Å². The lowest BCUT2D eigenvalue weighted by Crippen LogP contribution is -2.37. The van der Waals surface area contributed by atoms with E-state index in [2.05, 4.69) is 4.98 Å². The molecule has 0 aromatic carbocycles. The van der Waals surface area contributed by atoms with Crippen LogP contribution in [-0.2, 0) is 4.79 Å². The van der Waals surface area contributed by atoms with E-state index >= 15 is 0 Å². The fourth-order valence-corrected chi connectivity index (χ4v) is 3.53. The molecular weight excluding hydrogens is 266 g/mol. The average molecular weight is 289 g/mol. The van der Waals surface area contributed by atoms with Crippen LogP contribution in [0.4, 0.5) is 0 Å². The molecule has 0 radical (unpaired) electrons. The Balaban J connectivity index is 1.60. The van der Waals surface area contributed by atoms with Crippen LogP contribution in [-0.4, -0.2) is 60.5 Å². The van der Waals surface area contributed by atoms with Crippen LogP contribution in [0.2, 0.25) is 0 Å². The Morgan fingerprint density at radius 2 is 2.29 bits per heavy atom. The van der Waals surface area contributed by atoms with Crippen molar-refractivity contribution in [3.8, 4) is 5.75 Å². The fourth-order valence-electron chi connectivity index (χ4n) is 3.53. The minimum atomic E-state index is 0.219. The Labute approximate surface area is 125 Å². The molecule has 1 aromatic heterocycles. The molecule has 0 spiro atoms. The molecule has 0 unspecified atom stereocenters. The molecule has 1 saturated carbocycles. The van der Waals surface area contributed by atoms with Crippen LogP contribution >= 0.6 is 0 Å². The number of amides is 1. The second kappa shape index (κ2) is 6.02. The van der Waals surface area contributed by atoms with Gasteiger partial charge >= 0.3 is 0 Å². The number of likely N-dealkylation sites (tertiary alicyclic amines) is 1. The van der Waals surface area contributed by atoms with E-state index < -0.39 is 0 Å². The van der Waals surface area contributed by atoms with Gasteiger partial charge in [-0.1, -0.05) is 0 Å². The molecule has 1 saturated heterocycles. The fraction of sp³-hybridized carbons (Fsp3) is 0.625. The molecule has 114 valence electrons. The van der Waals surface area contributed by atoms with Crippen LogP contribution in [0.3, 0.4) is 0 Å². The quantitative estimate of drug-likeness (QED) is 0.837. The number of hydrogen-bond acceptors (Lipinski definition) is 4. The van der Waals surface area contributed by atoms with Gasteiger partial charge < -0.3 is 14.5 Å². The molecule has 3 atom stereocenters. The van der Waals surface area contributed by atoms with Gasteiger partial charge in [0.1, 0.15) is 11.9 Å². The molecule has 0 N–H and O–H groups in total. The molecule has 21 heavy (non-hydrogen) atoms. The Morgan fingerprint density at radius 3 is 3.00 bits per heavy atom. The summed E-state index contributed by atoms with van der Waals surface area (Å²) in [6.45, 7) is 2.22. The summed E-state index contributed by atoms with van der Waals surface area (Å²) in [5.74, 6) is 2.13. The number of pyridine rings is 1. The second-order valence-corrected chi connectivity index (χ2v) is 6.38. The van der Waals surface area contributed by atoms with Crippen molar-refractivity contribution in [3.05, 3.63) is 24.5 Å². The van der Waals surface area contributed by atoms with E-state index in [1.165, 1.54) is 0 Å². The van der Waals surface area contributed by atoms with Gasteiger partial charge in [0.15, 0.2) is 0 Å². The number of carbonyl (C=O) groups excluding carboxylic acids is 1. The zero-order chi connectivity index (χ0) is 14.8. The van der Waals surface area contributed by atoms with Crippen molar-refractivity contribution in [2.75, 3.05) is 33.7 Å². The standard InChI is InChI=1S/C16H23N3O2/c1-18(2)11-16(20)19-9-12-5-6-15(14(12)10-19)21-13-4-3-7-17-8-13/h3-4,7-8,12,14-15H,5-6,9-11H2,1-2H3/t12-,14+,15+/m1/s1. The molecule has 1 aromatic rings. The molecule has 2 fully saturated rings. The van der Waals surface area contributed by atoms with Crippen LogP contribution < -0.4 is 4.74 Å². The first-order valence-corrected chi connectivity index (χ1v) is 7.62. The maximum absolute atomic E-state index is 12.2. The van der Waals surface area contributed by atoms with Crippen molar-refractivity contribution < 1.29 is 9.53 Å². The van der Waals surface area contributed by atoms with Gasteiger partial charge in [-0.2, -0.15) is 0 Å². The zero-order valence-electron chi connectivity index (χ0n) is 12.7. The third kappa shape index (κ3) is 3.18. The summed E-state index contributed by atoms with van der Waals surface area (Å²) in [5.41, 5.74) is 0. The lowest BCUT2D eigenvalue weighted by Gasteiger charge is -2.22. The smallest absolute Gasteiger partial charge is 0.236 e. The first-order chi connectivity index (χ1) is 10.1. The van der Waals surface area contributed by atoms with Gasteiger partial charge in [0.25, 0.3) is 0 Å². The van der Waals surface area contributed by atoms with E-state index in [-0.39, 0.29) is 12.0 Å². The monoisotopic (exact) mass is 289 g/mol.